The van der Waals surface area contributed by atoms with Crippen molar-refractivity contribution in [2.75, 3.05) is 5.32 Å². The summed E-state index contributed by atoms with van der Waals surface area (Å²) in [6.07, 6.45) is 0.886. The van der Waals surface area contributed by atoms with Gasteiger partial charge in [0, 0.05) is 11.3 Å². The van der Waals surface area contributed by atoms with E-state index in [9.17, 15) is 14.7 Å². The summed E-state index contributed by atoms with van der Waals surface area (Å²) in [5, 5.41) is 12.8. The Morgan fingerprint density at radius 3 is 2.65 bits per heavy atom. The first kappa shape index (κ1) is 12.9. The summed E-state index contributed by atoms with van der Waals surface area (Å²) in [5.74, 6) is -1.72. The summed E-state index contributed by atoms with van der Waals surface area (Å²) in [4.78, 5) is 24.4. The lowest BCUT2D eigenvalue weighted by molar-refractivity contribution is -0.143. The number of carboxylic acid groups (broad SMARTS) is 1. The fourth-order valence-corrected chi connectivity index (χ4v) is 3.34. The largest absolute Gasteiger partial charge is 0.481 e. The Bertz CT molecular complexity index is 647. The van der Waals surface area contributed by atoms with Crippen LogP contribution in [0.25, 0.3) is 0 Å². The van der Waals surface area contributed by atoms with Crippen LogP contribution in [0.5, 0.6) is 0 Å². The van der Waals surface area contributed by atoms with E-state index in [2.05, 4.69) is 5.32 Å². The highest BCUT2D eigenvalue weighted by molar-refractivity contribution is 6.15. The van der Waals surface area contributed by atoms with Gasteiger partial charge in [0.15, 0.2) is 5.78 Å². The maximum absolute atomic E-state index is 12.8. The lowest BCUT2D eigenvalue weighted by Crippen LogP contribution is -2.53. The molecule has 0 saturated carbocycles. The molecule has 1 heterocycles. The number of aliphatic carboxylic acids is 1. The standard InChI is InChI=1S/C16H17NO3/c1-9-7-12(15(19)20)16(8-10(9)2)14(18)11-5-3-4-6-13(11)17-16/h3-6,12,17H,7-8H2,1-2H3,(H,19,20)/t12-,16?/m1/s1. The Hall–Kier alpha value is -2.10. The molecule has 3 rings (SSSR count). The highest BCUT2D eigenvalue weighted by Crippen LogP contribution is 2.46. The van der Waals surface area contributed by atoms with E-state index >= 15 is 0 Å². The van der Waals surface area contributed by atoms with Gasteiger partial charge < -0.3 is 10.4 Å². The van der Waals surface area contributed by atoms with Crippen LogP contribution >= 0.6 is 0 Å². The van der Waals surface area contributed by atoms with Gasteiger partial charge in [-0.2, -0.15) is 0 Å². The summed E-state index contributed by atoms with van der Waals surface area (Å²) in [6, 6.07) is 7.26. The Kier molecular flexibility index (Phi) is 2.71. The van der Waals surface area contributed by atoms with Gasteiger partial charge in [-0.1, -0.05) is 23.3 Å². The summed E-state index contributed by atoms with van der Waals surface area (Å²) in [6.45, 7) is 3.93. The van der Waals surface area contributed by atoms with Gasteiger partial charge in [0.2, 0.25) is 0 Å². The maximum atomic E-state index is 12.8. The van der Waals surface area contributed by atoms with Gasteiger partial charge in [0.05, 0.1) is 5.92 Å². The van der Waals surface area contributed by atoms with Crippen LogP contribution < -0.4 is 5.32 Å². The smallest absolute Gasteiger partial charge is 0.309 e. The number of anilines is 1. The SMILES string of the molecule is CC1=C(C)CC2(Nc3ccccc3C2=O)[C@@H](C(=O)O)C1. The van der Waals surface area contributed by atoms with Gasteiger partial charge in [-0.05, 0) is 38.8 Å². The van der Waals surface area contributed by atoms with Crippen molar-refractivity contribution < 1.29 is 14.7 Å². The maximum Gasteiger partial charge on any atom is 0.309 e. The molecule has 1 unspecified atom stereocenters. The molecule has 0 bridgehead atoms. The molecule has 2 N–H and O–H groups in total. The van der Waals surface area contributed by atoms with E-state index in [0.29, 0.717) is 18.4 Å². The molecule has 2 atom stereocenters. The Morgan fingerprint density at radius 2 is 2.00 bits per heavy atom. The van der Waals surface area contributed by atoms with Gasteiger partial charge >= 0.3 is 5.97 Å². The van der Waals surface area contributed by atoms with Crippen LogP contribution in [0.4, 0.5) is 5.69 Å². The molecule has 0 radical (unpaired) electrons. The van der Waals surface area contributed by atoms with E-state index in [1.165, 1.54) is 0 Å². The summed E-state index contributed by atoms with van der Waals surface area (Å²) < 4.78 is 0. The van der Waals surface area contributed by atoms with Gasteiger partial charge in [-0.15, -0.1) is 0 Å². The van der Waals surface area contributed by atoms with Crippen molar-refractivity contribution in [2.24, 2.45) is 5.92 Å². The topological polar surface area (TPSA) is 66.4 Å². The average molecular weight is 271 g/mol. The molecule has 0 fully saturated rings. The van der Waals surface area contributed by atoms with Crippen molar-refractivity contribution in [1.82, 2.24) is 0 Å². The number of carbonyl (C=O) groups is 2. The summed E-state index contributed by atoms with van der Waals surface area (Å²) in [5.41, 5.74) is 2.52. The molecule has 0 saturated heterocycles. The van der Waals surface area contributed by atoms with Crippen molar-refractivity contribution in [3.8, 4) is 0 Å². The fourth-order valence-electron chi connectivity index (χ4n) is 3.34. The number of hydrogen-bond acceptors (Lipinski definition) is 3. The summed E-state index contributed by atoms with van der Waals surface area (Å²) in [7, 11) is 0. The zero-order valence-corrected chi connectivity index (χ0v) is 11.6. The monoisotopic (exact) mass is 271 g/mol. The van der Waals surface area contributed by atoms with Gasteiger partial charge in [-0.3, -0.25) is 9.59 Å². The van der Waals surface area contributed by atoms with Crippen molar-refractivity contribution in [3.05, 3.63) is 41.0 Å². The number of carbonyl (C=O) groups excluding carboxylic acids is 1. The molecule has 1 spiro atoms. The third-order valence-electron chi connectivity index (χ3n) is 4.61. The van der Waals surface area contributed by atoms with E-state index in [1.54, 1.807) is 6.07 Å². The van der Waals surface area contributed by atoms with Crippen LogP contribution in [-0.2, 0) is 4.79 Å². The Morgan fingerprint density at radius 1 is 1.30 bits per heavy atom. The number of ketones is 1. The zero-order chi connectivity index (χ0) is 14.5. The van der Waals surface area contributed by atoms with Crippen molar-refractivity contribution in [1.29, 1.82) is 0 Å². The first-order valence-electron chi connectivity index (χ1n) is 6.76. The predicted molar refractivity (Wildman–Crippen MR) is 75.9 cm³/mol. The number of Topliss-reactive ketones (excluding diaryl/α,β-unsaturated/α-hetero) is 1. The van der Waals surface area contributed by atoms with Crippen LogP contribution in [0.2, 0.25) is 0 Å². The highest BCUT2D eigenvalue weighted by Gasteiger charge is 2.55. The number of para-hydroxylation sites is 1. The quantitative estimate of drug-likeness (QED) is 0.771. The minimum absolute atomic E-state index is 0.0904. The van der Waals surface area contributed by atoms with Crippen LogP contribution in [-0.4, -0.2) is 22.4 Å². The minimum atomic E-state index is -1.01. The molecule has 4 heteroatoms. The first-order valence-corrected chi connectivity index (χ1v) is 6.76. The molecule has 20 heavy (non-hydrogen) atoms. The minimum Gasteiger partial charge on any atom is -0.481 e. The number of carboxylic acids is 1. The van der Waals surface area contributed by atoms with Crippen LogP contribution in [0.15, 0.2) is 35.4 Å². The second-order valence-electron chi connectivity index (χ2n) is 5.80. The summed E-state index contributed by atoms with van der Waals surface area (Å²) >= 11 is 0. The number of nitrogens with one attached hydrogen (secondary N) is 1. The molecule has 0 amide bonds. The highest BCUT2D eigenvalue weighted by atomic mass is 16.4. The molecule has 104 valence electrons. The normalized spacial score (nSPS) is 28.5. The van der Waals surface area contributed by atoms with E-state index in [1.807, 2.05) is 32.0 Å². The van der Waals surface area contributed by atoms with Gasteiger partial charge in [-0.25, -0.2) is 0 Å². The van der Waals surface area contributed by atoms with Crippen molar-refractivity contribution in [3.63, 3.8) is 0 Å². The molecule has 1 aliphatic heterocycles. The predicted octanol–water partition coefficient (Wildman–Crippen LogP) is 2.86. The van der Waals surface area contributed by atoms with Crippen molar-refractivity contribution in [2.45, 2.75) is 32.2 Å². The number of allylic oxidation sites excluding steroid dienone is 1. The molecule has 1 aromatic rings. The number of rotatable bonds is 1. The Labute approximate surface area is 117 Å². The first-order chi connectivity index (χ1) is 9.45. The number of fused-ring (bicyclic) bond motifs is 1. The molecule has 1 aliphatic carbocycles. The van der Waals surface area contributed by atoms with Crippen LogP contribution in [0.1, 0.15) is 37.0 Å². The lowest BCUT2D eigenvalue weighted by atomic mass is 9.69. The van der Waals surface area contributed by atoms with Crippen LogP contribution in [0.3, 0.4) is 0 Å². The molecular formula is C16H17NO3. The second kappa shape index (κ2) is 4.20. The molecule has 1 aromatic carbocycles. The van der Waals surface area contributed by atoms with E-state index < -0.39 is 17.4 Å². The fraction of sp³-hybridized carbons (Fsp3) is 0.375. The van der Waals surface area contributed by atoms with E-state index in [-0.39, 0.29) is 5.78 Å². The molecule has 2 aliphatic rings. The van der Waals surface area contributed by atoms with Crippen molar-refractivity contribution >= 4 is 17.4 Å². The molecule has 4 nitrogen and oxygen atoms in total. The molecular weight excluding hydrogens is 254 g/mol. The number of hydrogen-bond donors (Lipinski definition) is 2. The average Bonchev–Trinajstić information content (AvgIpc) is 2.68. The second-order valence-corrected chi connectivity index (χ2v) is 5.80. The van der Waals surface area contributed by atoms with Gasteiger partial charge in [0.25, 0.3) is 0 Å². The zero-order valence-electron chi connectivity index (χ0n) is 11.6. The lowest BCUT2D eigenvalue weighted by Gasteiger charge is -2.39. The van der Waals surface area contributed by atoms with Gasteiger partial charge in [0.1, 0.15) is 5.54 Å². The van der Waals surface area contributed by atoms with Crippen LogP contribution in [0, 0.1) is 5.92 Å². The molecule has 0 aromatic heterocycles. The van der Waals surface area contributed by atoms with E-state index in [0.717, 1.165) is 16.8 Å². The Balaban J connectivity index is 2.13. The van der Waals surface area contributed by atoms with E-state index in [4.69, 9.17) is 0 Å². The number of benzene rings is 1. The third-order valence-corrected chi connectivity index (χ3v) is 4.61. The third kappa shape index (κ3) is 1.60.